The van der Waals surface area contributed by atoms with E-state index in [0.717, 1.165) is 35.4 Å². The van der Waals surface area contributed by atoms with Crippen molar-refractivity contribution in [2.45, 2.75) is 38.8 Å². The number of rotatable bonds is 4. The predicted octanol–water partition coefficient (Wildman–Crippen LogP) is 2.41. The second kappa shape index (κ2) is 8.18. The summed E-state index contributed by atoms with van der Waals surface area (Å²) >= 11 is 0. The van der Waals surface area contributed by atoms with Crippen molar-refractivity contribution in [2.75, 3.05) is 13.6 Å². The van der Waals surface area contributed by atoms with E-state index in [-0.39, 0.29) is 24.0 Å². The normalized spacial score (nSPS) is 19.3. The number of hydrogen-bond donors (Lipinski definition) is 3. The number of guanidine groups is 1. The van der Waals surface area contributed by atoms with Gasteiger partial charge in [-0.25, -0.2) is 0 Å². The summed E-state index contributed by atoms with van der Waals surface area (Å²) in [5.74, 6) is 1.45. The van der Waals surface area contributed by atoms with E-state index in [1.54, 1.807) is 7.05 Å². The Hall–Kier alpha value is -1.61. The summed E-state index contributed by atoms with van der Waals surface area (Å²) < 4.78 is 5.17. The molecule has 1 aromatic heterocycles. The van der Waals surface area contributed by atoms with Crippen LogP contribution in [0.2, 0.25) is 0 Å². The second-order valence-electron chi connectivity index (χ2n) is 6.27. The zero-order valence-electron chi connectivity index (χ0n) is 14.8. The Morgan fingerprint density at radius 2 is 2.08 bits per heavy atom. The highest BCUT2D eigenvalue weighted by atomic mass is 127. The standard InChI is InChI=1S/C18H24N4O2.HI/c1-12-15(13(2)24-22-12)10-20-17(19-3)21-11-18(23)9-8-14-6-4-5-7-16(14)18;/h4-7,23H,8-11H2,1-3H3,(H2,19,20,21);1H. The molecule has 0 bridgehead atoms. The zero-order valence-corrected chi connectivity index (χ0v) is 17.1. The Labute approximate surface area is 165 Å². The van der Waals surface area contributed by atoms with Crippen molar-refractivity contribution in [3.05, 3.63) is 52.4 Å². The summed E-state index contributed by atoms with van der Waals surface area (Å²) in [5, 5.41) is 21.4. The predicted molar refractivity (Wildman–Crippen MR) is 108 cm³/mol. The maximum atomic E-state index is 11.0. The van der Waals surface area contributed by atoms with Crippen LogP contribution in [0.1, 0.15) is 34.6 Å². The van der Waals surface area contributed by atoms with Gasteiger partial charge in [0, 0.05) is 19.2 Å². The monoisotopic (exact) mass is 456 g/mol. The van der Waals surface area contributed by atoms with Gasteiger partial charge in [0.2, 0.25) is 0 Å². The maximum absolute atomic E-state index is 11.0. The molecular formula is C18H25IN4O2. The van der Waals surface area contributed by atoms with E-state index in [1.165, 1.54) is 5.56 Å². The van der Waals surface area contributed by atoms with Gasteiger partial charge in [-0.3, -0.25) is 4.99 Å². The van der Waals surface area contributed by atoms with Gasteiger partial charge < -0.3 is 20.3 Å². The number of aryl methyl sites for hydroxylation is 3. The van der Waals surface area contributed by atoms with Gasteiger partial charge in [-0.2, -0.15) is 0 Å². The van der Waals surface area contributed by atoms with Crippen LogP contribution in [0, 0.1) is 13.8 Å². The lowest BCUT2D eigenvalue weighted by Crippen LogP contribution is -2.44. The third-order valence-corrected chi connectivity index (χ3v) is 4.71. The highest BCUT2D eigenvalue weighted by molar-refractivity contribution is 14.0. The first kappa shape index (κ1) is 19.7. The molecule has 1 atom stereocenters. The Kier molecular flexibility index (Phi) is 6.45. The molecule has 0 fully saturated rings. The second-order valence-corrected chi connectivity index (χ2v) is 6.27. The lowest BCUT2D eigenvalue weighted by atomic mass is 9.96. The number of fused-ring (bicyclic) bond motifs is 1. The van der Waals surface area contributed by atoms with Crippen LogP contribution in [-0.2, 0) is 18.6 Å². The molecule has 25 heavy (non-hydrogen) atoms. The van der Waals surface area contributed by atoms with E-state index in [0.29, 0.717) is 19.0 Å². The van der Waals surface area contributed by atoms with Gasteiger partial charge in [-0.1, -0.05) is 29.4 Å². The van der Waals surface area contributed by atoms with Crippen molar-refractivity contribution in [3.63, 3.8) is 0 Å². The van der Waals surface area contributed by atoms with E-state index in [9.17, 15) is 5.11 Å². The molecule has 0 saturated carbocycles. The Morgan fingerprint density at radius 1 is 1.32 bits per heavy atom. The molecule has 3 N–H and O–H groups in total. The number of hydrogen-bond acceptors (Lipinski definition) is 4. The molecule has 0 amide bonds. The molecule has 1 aliphatic carbocycles. The van der Waals surface area contributed by atoms with Crippen LogP contribution in [-0.4, -0.2) is 29.8 Å². The fourth-order valence-corrected chi connectivity index (χ4v) is 3.23. The maximum Gasteiger partial charge on any atom is 0.191 e. The molecule has 2 aromatic rings. The van der Waals surface area contributed by atoms with Gasteiger partial charge in [0.25, 0.3) is 0 Å². The van der Waals surface area contributed by atoms with Gasteiger partial charge in [0.1, 0.15) is 11.4 Å². The van der Waals surface area contributed by atoms with Gasteiger partial charge in [-0.05, 0) is 37.8 Å². The lowest BCUT2D eigenvalue weighted by Gasteiger charge is -2.25. The summed E-state index contributed by atoms with van der Waals surface area (Å²) in [6, 6.07) is 8.07. The molecule has 6 nitrogen and oxygen atoms in total. The molecule has 1 aromatic carbocycles. The molecular weight excluding hydrogens is 431 g/mol. The van der Waals surface area contributed by atoms with Crippen LogP contribution < -0.4 is 10.6 Å². The summed E-state index contributed by atoms with van der Waals surface area (Å²) in [6.07, 6.45) is 1.62. The van der Waals surface area contributed by atoms with Crippen molar-refractivity contribution >= 4 is 29.9 Å². The summed E-state index contributed by atoms with van der Waals surface area (Å²) in [6.45, 7) is 4.81. The number of nitrogens with zero attached hydrogens (tertiary/aromatic N) is 2. The van der Waals surface area contributed by atoms with Crippen LogP contribution in [0.25, 0.3) is 0 Å². The molecule has 1 unspecified atom stereocenters. The first-order chi connectivity index (χ1) is 11.5. The molecule has 0 spiro atoms. The molecule has 0 radical (unpaired) electrons. The number of aromatic nitrogens is 1. The van der Waals surface area contributed by atoms with Gasteiger partial charge in [-0.15, -0.1) is 24.0 Å². The number of aliphatic hydroxyl groups is 1. The van der Waals surface area contributed by atoms with Crippen molar-refractivity contribution in [2.24, 2.45) is 4.99 Å². The third kappa shape index (κ3) is 4.14. The van der Waals surface area contributed by atoms with Crippen LogP contribution in [0.5, 0.6) is 0 Å². The highest BCUT2D eigenvalue weighted by Crippen LogP contribution is 2.36. The summed E-state index contributed by atoms with van der Waals surface area (Å²) in [7, 11) is 1.72. The average Bonchev–Trinajstić information content (AvgIpc) is 3.09. The summed E-state index contributed by atoms with van der Waals surface area (Å²) in [4.78, 5) is 4.23. The fourth-order valence-electron chi connectivity index (χ4n) is 3.23. The highest BCUT2D eigenvalue weighted by Gasteiger charge is 2.36. The van der Waals surface area contributed by atoms with Crippen molar-refractivity contribution in [1.82, 2.24) is 15.8 Å². The average molecular weight is 456 g/mol. The van der Waals surface area contributed by atoms with E-state index in [4.69, 9.17) is 4.52 Å². The first-order valence-electron chi connectivity index (χ1n) is 8.20. The van der Waals surface area contributed by atoms with Crippen LogP contribution in [0.4, 0.5) is 0 Å². The molecule has 1 aliphatic rings. The minimum absolute atomic E-state index is 0. The van der Waals surface area contributed by atoms with Crippen molar-refractivity contribution in [3.8, 4) is 0 Å². The summed E-state index contributed by atoms with van der Waals surface area (Å²) in [5.41, 5.74) is 3.29. The number of halogens is 1. The van der Waals surface area contributed by atoms with E-state index in [2.05, 4.69) is 26.8 Å². The zero-order chi connectivity index (χ0) is 17.2. The SMILES string of the molecule is CN=C(NCc1c(C)noc1C)NCC1(O)CCc2ccccc21.I. The van der Waals surface area contributed by atoms with E-state index < -0.39 is 5.60 Å². The van der Waals surface area contributed by atoms with Crippen molar-refractivity contribution in [1.29, 1.82) is 0 Å². The van der Waals surface area contributed by atoms with E-state index in [1.807, 2.05) is 32.0 Å². The quantitative estimate of drug-likeness (QED) is 0.374. The Balaban J connectivity index is 0.00000225. The molecule has 1 heterocycles. The fraction of sp³-hybridized carbons (Fsp3) is 0.444. The molecule has 0 saturated heterocycles. The molecule has 136 valence electrons. The van der Waals surface area contributed by atoms with Crippen LogP contribution in [0.15, 0.2) is 33.8 Å². The van der Waals surface area contributed by atoms with Gasteiger partial charge >= 0.3 is 0 Å². The van der Waals surface area contributed by atoms with Crippen LogP contribution >= 0.6 is 24.0 Å². The number of benzene rings is 1. The molecule has 7 heteroatoms. The van der Waals surface area contributed by atoms with E-state index >= 15 is 0 Å². The number of aliphatic imine (C=N–C) groups is 1. The van der Waals surface area contributed by atoms with Gasteiger partial charge in [0.05, 0.1) is 12.2 Å². The Bertz CT molecular complexity index is 740. The first-order valence-corrected chi connectivity index (χ1v) is 8.20. The smallest absolute Gasteiger partial charge is 0.191 e. The van der Waals surface area contributed by atoms with Crippen molar-refractivity contribution < 1.29 is 9.63 Å². The molecule has 0 aliphatic heterocycles. The minimum atomic E-state index is -0.850. The topological polar surface area (TPSA) is 82.7 Å². The van der Waals surface area contributed by atoms with Gasteiger partial charge in [0.15, 0.2) is 5.96 Å². The minimum Gasteiger partial charge on any atom is -0.383 e. The molecule has 3 rings (SSSR count). The van der Waals surface area contributed by atoms with Crippen LogP contribution in [0.3, 0.4) is 0 Å². The Morgan fingerprint density at radius 3 is 2.76 bits per heavy atom. The third-order valence-electron chi connectivity index (χ3n) is 4.71. The largest absolute Gasteiger partial charge is 0.383 e. The lowest BCUT2D eigenvalue weighted by molar-refractivity contribution is 0.0432. The number of nitrogens with one attached hydrogen (secondary N) is 2.